The molecule has 0 bridgehead atoms. The van der Waals surface area contributed by atoms with Crippen LogP contribution in [-0.2, 0) is 7.05 Å². The van der Waals surface area contributed by atoms with E-state index in [1.54, 1.807) is 12.1 Å². The summed E-state index contributed by atoms with van der Waals surface area (Å²) in [5, 5.41) is 9.35. The molecular formula is C22H23F4N7. The number of aryl methyl sites for hydroxylation is 1. The maximum atomic E-state index is 13.2. The molecule has 0 amide bonds. The van der Waals surface area contributed by atoms with Crippen molar-refractivity contribution in [2.75, 3.05) is 23.7 Å². The second kappa shape index (κ2) is 9.85. The molecule has 1 fully saturated rings. The van der Waals surface area contributed by atoms with Crippen molar-refractivity contribution in [1.82, 2.24) is 19.5 Å². The highest BCUT2D eigenvalue weighted by atomic mass is 19.4. The Morgan fingerprint density at radius 1 is 1.12 bits per heavy atom. The first kappa shape index (κ1) is 24.0. The van der Waals surface area contributed by atoms with E-state index in [9.17, 15) is 22.8 Å². The molecule has 0 unspecified atom stereocenters. The molecule has 3 heterocycles. The average Bonchev–Trinajstić information content (AvgIpc) is 3.14. The number of imidazole rings is 1. The number of nitrogens with two attached hydrogens (primary N) is 1. The van der Waals surface area contributed by atoms with Crippen LogP contribution in [-0.4, -0.2) is 38.8 Å². The number of hydrogen-bond donors (Lipinski definition) is 1. The summed E-state index contributed by atoms with van der Waals surface area (Å²) in [5.74, 6) is 1.87. The van der Waals surface area contributed by atoms with Crippen molar-refractivity contribution in [1.29, 1.82) is 5.26 Å². The average molecular weight is 461 g/mol. The number of alkyl halides is 3. The Kier molecular flexibility index (Phi) is 7.16. The normalized spacial score (nSPS) is 14.4. The lowest BCUT2D eigenvalue weighted by atomic mass is 9.95. The molecule has 174 valence electrons. The Bertz CT molecular complexity index is 1120. The zero-order valence-electron chi connectivity index (χ0n) is 18.1. The molecule has 7 nitrogen and oxygen atoms in total. The molecule has 2 aromatic heterocycles. The van der Waals surface area contributed by atoms with Crippen LogP contribution in [0.2, 0.25) is 0 Å². The maximum Gasteiger partial charge on any atom is 0.386 e. The standard InChI is InChI=1S/C20H20FN7.C2H3F3/c1-27-11-17(13-2-4-15(21)5-3-13)26-19(27)14-6-8-28(9-7-14)20-16(10-22)18(23)24-12-25-20;1-2(3,4)5/h2-5,11-12,14H,6-9H2,1H3,(H2,23,24,25);1H3. The quantitative estimate of drug-likeness (QED) is 0.580. The van der Waals surface area contributed by atoms with Gasteiger partial charge in [-0.2, -0.15) is 18.4 Å². The van der Waals surface area contributed by atoms with E-state index in [4.69, 9.17) is 10.7 Å². The van der Waals surface area contributed by atoms with Crippen LogP contribution in [0.15, 0.2) is 36.8 Å². The number of piperidine rings is 1. The zero-order valence-corrected chi connectivity index (χ0v) is 18.1. The van der Waals surface area contributed by atoms with Crippen molar-refractivity contribution in [2.24, 2.45) is 7.05 Å². The molecule has 1 aromatic carbocycles. The second-order valence-electron chi connectivity index (χ2n) is 7.71. The molecule has 0 radical (unpaired) electrons. The lowest BCUT2D eigenvalue weighted by molar-refractivity contribution is -0.110. The predicted octanol–water partition coefficient (Wildman–Crippen LogP) is 4.42. The number of benzene rings is 1. The van der Waals surface area contributed by atoms with Crippen LogP contribution in [0.3, 0.4) is 0 Å². The Balaban J connectivity index is 0.000000555. The van der Waals surface area contributed by atoms with Gasteiger partial charge < -0.3 is 15.2 Å². The first-order valence-electron chi connectivity index (χ1n) is 10.2. The van der Waals surface area contributed by atoms with Crippen molar-refractivity contribution in [3.05, 3.63) is 54.0 Å². The van der Waals surface area contributed by atoms with Gasteiger partial charge in [-0.1, -0.05) is 0 Å². The molecule has 1 aliphatic rings. The largest absolute Gasteiger partial charge is 0.386 e. The summed E-state index contributed by atoms with van der Waals surface area (Å²) >= 11 is 0. The summed E-state index contributed by atoms with van der Waals surface area (Å²) in [5.41, 5.74) is 7.88. The molecule has 3 aromatic rings. The van der Waals surface area contributed by atoms with Crippen LogP contribution >= 0.6 is 0 Å². The summed E-state index contributed by atoms with van der Waals surface area (Å²) in [7, 11) is 1.99. The van der Waals surface area contributed by atoms with Gasteiger partial charge in [0, 0.05) is 44.7 Å². The molecule has 0 spiro atoms. The number of nitriles is 1. The van der Waals surface area contributed by atoms with E-state index < -0.39 is 6.18 Å². The van der Waals surface area contributed by atoms with Gasteiger partial charge in [-0.3, -0.25) is 0 Å². The van der Waals surface area contributed by atoms with Gasteiger partial charge in [-0.25, -0.2) is 19.3 Å². The van der Waals surface area contributed by atoms with E-state index in [0.717, 1.165) is 43.0 Å². The van der Waals surface area contributed by atoms with Crippen LogP contribution < -0.4 is 10.6 Å². The van der Waals surface area contributed by atoms with Gasteiger partial charge in [0.15, 0.2) is 5.82 Å². The fourth-order valence-corrected chi connectivity index (χ4v) is 3.71. The third-order valence-electron chi connectivity index (χ3n) is 5.18. The number of hydrogen-bond acceptors (Lipinski definition) is 6. The Hall–Kier alpha value is -3.68. The first-order chi connectivity index (χ1) is 15.6. The van der Waals surface area contributed by atoms with E-state index in [2.05, 4.69) is 20.9 Å². The van der Waals surface area contributed by atoms with Crippen LogP contribution in [0.1, 0.15) is 37.1 Å². The molecule has 1 aliphatic heterocycles. The molecule has 0 aliphatic carbocycles. The van der Waals surface area contributed by atoms with E-state index in [0.29, 0.717) is 17.3 Å². The minimum Gasteiger partial charge on any atom is -0.382 e. The number of anilines is 2. The molecule has 2 N–H and O–H groups in total. The first-order valence-corrected chi connectivity index (χ1v) is 10.2. The number of nitrogens with zero attached hydrogens (tertiary/aromatic N) is 6. The highest BCUT2D eigenvalue weighted by Gasteiger charge is 2.27. The van der Waals surface area contributed by atoms with Crippen LogP contribution in [0.25, 0.3) is 11.3 Å². The maximum absolute atomic E-state index is 13.2. The van der Waals surface area contributed by atoms with Crippen molar-refractivity contribution < 1.29 is 17.6 Å². The predicted molar refractivity (Wildman–Crippen MR) is 116 cm³/mol. The highest BCUT2D eigenvalue weighted by Crippen LogP contribution is 2.32. The zero-order chi connectivity index (χ0) is 24.2. The molecule has 1 saturated heterocycles. The summed E-state index contributed by atoms with van der Waals surface area (Å²) in [6.07, 6.45) is 1.16. The Morgan fingerprint density at radius 2 is 1.73 bits per heavy atom. The summed E-state index contributed by atoms with van der Waals surface area (Å²) < 4.78 is 46.3. The van der Waals surface area contributed by atoms with Gasteiger partial charge in [0.1, 0.15) is 35.4 Å². The van der Waals surface area contributed by atoms with Gasteiger partial charge in [0.2, 0.25) is 0 Å². The van der Waals surface area contributed by atoms with Crippen molar-refractivity contribution in [2.45, 2.75) is 31.9 Å². The van der Waals surface area contributed by atoms with Crippen LogP contribution in [0.4, 0.5) is 29.2 Å². The Labute approximate surface area is 188 Å². The van der Waals surface area contributed by atoms with Crippen molar-refractivity contribution in [3.63, 3.8) is 0 Å². The topological polar surface area (TPSA) is 96.7 Å². The third kappa shape index (κ3) is 6.19. The SMILES string of the molecule is CC(F)(F)F.Cn1cc(-c2ccc(F)cc2)nc1C1CCN(c2ncnc(N)c2C#N)CC1. The molecule has 0 atom stereocenters. The lowest BCUT2D eigenvalue weighted by Gasteiger charge is -2.32. The van der Waals surface area contributed by atoms with E-state index >= 15 is 0 Å². The molecule has 4 rings (SSSR count). The van der Waals surface area contributed by atoms with E-state index in [1.165, 1.54) is 18.5 Å². The van der Waals surface area contributed by atoms with Gasteiger partial charge in [0.05, 0.1) is 5.69 Å². The number of nitrogen functional groups attached to an aromatic ring is 1. The van der Waals surface area contributed by atoms with Crippen LogP contribution in [0, 0.1) is 17.1 Å². The fourth-order valence-electron chi connectivity index (χ4n) is 3.71. The monoisotopic (exact) mass is 461 g/mol. The van der Waals surface area contributed by atoms with Gasteiger partial charge in [-0.05, 0) is 37.1 Å². The van der Waals surface area contributed by atoms with E-state index in [-0.39, 0.29) is 18.6 Å². The minimum atomic E-state index is -4.00. The summed E-state index contributed by atoms with van der Waals surface area (Å²) in [4.78, 5) is 15.0. The van der Waals surface area contributed by atoms with Crippen molar-refractivity contribution in [3.8, 4) is 17.3 Å². The van der Waals surface area contributed by atoms with E-state index in [1.807, 2.05) is 17.8 Å². The highest BCUT2D eigenvalue weighted by molar-refractivity contribution is 5.63. The summed E-state index contributed by atoms with van der Waals surface area (Å²) in [6, 6.07) is 8.48. The number of aromatic nitrogens is 4. The lowest BCUT2D eigenvalue weighted by Crippen LogP contribution is -2.35. The molecule has 11 heteroatoms. The summed E-state index contributed by atoms with van der Waals surface area (Å²) in [6.45, 7) is 1.70. The third-order valence-corrected chi connectivity index (χ3v) is 5.18. The van der Waals surface area contributed by atoms with Crippen molar-refractivity contribution >= 4 is 11.6 Å². The van der Waals surface area contributed by atoms with Crippen LogP contribution in [0.5, 0.6) is 0 Å². The molecule has 0 saturated carbocycles. The number of halogens is 4. The molecule has 33 heavy (non-hydrogen) atoms. The smallest absolute Gasteiger partial charge is 0.382 e. The molecular weight excluding hydrogens is 438 g/mol. The van der Waals surface area contributed by atoms with Gasteiger partial charge in [-0.15, -0.1) is 0 Å². The number of rotatable bonds is 3. The fraction of sp³-hybridized carbons (Fsp3) is 0.364. The second-order valence-corrected chi connectivity index (χ2v) is 7.71. The van der Waals surface area contributed by atoms with Gasteiger partial charge >= 0.3 is 6.18 Å². The minimum absolute atomic E-state index is 0.188. The Morgan fingerprint density at radius 3 is 2.30 bits per heavy atom. The van der Waals surface area contributed by atoms with Gasteiger partial charge in [0.25, 0.3) is 0 Å².